The molecule has 11 nitrogen and oxygen atoms in total. The van der Waals surface area contributed by atoms with E-state index in [0.717, 1.165) is 53.0 Å². The van der Waals surface area contributed by atoms with E-state index < -0.39 is 0 Å². The maximum atomic E-state index is 13.5. The molecular weight excluding hydrogens is 562 g/mol. The van der Waals surface area contributed by atoms with E-state index in [1.54, 1.807) is 38.1 Å². The molecule has 0 spiro atoms. The van der Waals surface area contributed by atoms with Crippen molar-refractivity contribution >= 4 is 23.2 Å². The third-order valence-corrected chi connectivity index (χ3v) is 8.09. The molecule has 0 fully saturated rings. The normalized spacial score (nSPS) is 13.7. The van der Waals surface area contributed by atoms with Gasteiger partial charge < -0.3 is 30.2 Å². The summed E-state index contributed by atoms with van der Waals surface area (Å²) in [6.45, 7) is 5.86. The van der Waals surface area contributed by atoms with Gasteiger partial charge in [0.2, 0.25) is 23.0 Å². The Kier molecular flexibility index (Phi) is 10.5. The predicted octanol–water partition coefficient (Wildman–Crippen LogP) is 4.82. The van der Waals surface area contributed by atoms with Crippen LogP contribution in [0.15, 0.2) is 29.1 Å². The Morgan fingerprint density at radius 3 is 2.41 bits per heavy atom. The van der Waals surface area contributed by atoms with E-state index in [2.05, 4.69) is 21.0 Å². The van der Waals surface area contributed by atoms with Crippen LogP contribution in [0.2, 0.25) is 0 Å². The molecule has 0 saturated heterocycles. The number of fused-ring (bicyclic) bond motifs is 3. The number of hydrogen-bond donors (Lipinski definition) is 3. The monoisotopic (exact) mass is 605 g/mol. The Hall–Kier alpha value is -4.54. The van der Waals surface area contributed by atoms with E-state index in [0.29, 0.717) is 54.3 Å². The number of rotatable bonds is 12. The van der Waals surface area contributed by atoms with Gasteiger partial charge in [0.15, 0.2) is 11.5 Å². The quantitative estimate of drug-likeness (QED) is 0.250. The van der Waals surface area contributed by atoms with E-state index in [9.17, 15) is 14.4 Å². The highest BCUT2D eigenvalue weighted by molar-refractivity contribution is 5.91. The summed E-state index contributed by atoms with van der Waals surface area (Å²) >= 11 is 0. The SMILES string of the molecule is COc1cc2c(c(OC)c1OC)-c1ccc(NCCCCCC(=O)Nc3c(C)nn(C)c3C)c(=O)cc1[C@@H](NC(C)=O)CC2. The number of methoxy groups -OCH3 is 3. The number of ether oxygens (including phenoxy) is 3. The molecule has 1 atom stereocenters. The third-order valence-electron chi connectivity index (χ3n) is 8.09. The number of aromatic nitrogens is 2. The number of hydrogen-bond acceptors (Lipinski definition) is 8. The summed E-state index contributed by atoms with van der Waals surface area (Å²) in [5.41, 5.74) is 6.06. The van der Waals surface area contributed by atoms with Crippen LogP contribution >= 0.6 is 0 Å². The Labute approximate surface area is 258 Å². The fourth-order valence-electron chi connectivity index (χ4n) is 5.82. The van der Waals surface area contributed by atoms with Crippen molar-refractivity contribution in [1.29, 1.82) is 0 Å². The van der Waals surface area contributed by atoms with Gasteiger partial charge in [-0.05, 0) is 74.4 Å². The zero-order valence-corrected chi connectivity index (χ0v) is 26.7. The van der Waals surface area contributed by atoms with Crippen LogP contribution in [0.5, 0.6) is 17.2 Å². The van der Waals surface area contributed by atoms with Crippen LogP contribution in [0.25, 0.3) is 11.1 Å². The van der Waals surface area contributed by atoms with Gasteiger partial charge in [0.05, 0.1) is 50.1 Å². The minimum absolute atomic E-state index is 0.0331. The Bertz CT molecular complexity index is 1600. The molecule has 0 bridgehead atoms. The summed E-state index contributed by atoms with van der Waals surface area (Å²) in [5, 5.41) is 13.6. The van der Waals surface area contributed by atoms with Gasteiger partial charge in [0.1, 0.15) is 0 Å². The number of aryl methyl sites for hydroxylation is 3. The number of amides is 2. The lowest BCUT2D eigenvalue weighted by Crippen LogP contribution is -2.26. The maximum absolute atomic E-state index is 13.5. The molecule has 0 unspecified atom stereocenters. The molecule has 0 saturated carbocycles. The van der Waals surface area contributed by atoms with Crippen molar-refractivity contribution in [2.75, 3.05) is 38.5 Å². The highest BCUT2D eigenvalue weighted by Crippen LogP contribution is 2.50. The van der Waals surface area contributed by atoms with E-state index in [1.165, 1.54) is 6.92 Å². The van der Waals surface area contributed by atoms with Crippen molar-refractivity contribution in [3.63, 3.8) is 0 Å². The van der Waals surface area contributed by atoms with Crippen molar-refractivity contribution in [1.82, 2.24) is 15.1 Å². The fourth-order valence-corrected chi connectivity index (χ4v) is 5.82. The molecule has 1 heterocycles. The first kappa shape index (κ1) is 32.4. The second kappa shape index (κ2) is 14.3. The minimum Gasteiger partial charge on any atom is -0.493 e. The second-order valence-electron chi connectivity index (χ2n) is 11.1. The van der Waals surface area contributed by atoms with Crippen LogP contribution in [0.3, 0.4) is 0 Å². The number of carbonyl (C=O) groups is 2. The smallest absolute Gasteiger partial charge is 0.224 e. The molecule has 11 heteroatoms. The highest BCUT2D eigenvalue weighted by atomic mass is 16.5. The number of unbranched alkanes of at least 4 members (excludes halogenated alkanes) is 2. The number of benzene rings is 1. The lowest BCUT2D eigenvalue weighted by molar-refractivity contribution is -0.119. The number of nitrogens with zero attached hydrogens (tertiary/aromatic N) is 2. The Balaban J connectivity index is 1.51. The number of nitrogens with one attached hydrogen (secondary N) is 3. The van der Waals surface area contributed by atoms with Gasteiger partial charge in [-0.1, -0.05) is 12.5 Å². The molecule has 0 radical (unpaired) electrons. The van der Waals surface area contributed by atoms with Gasteiger partial charge in [-0.25, -0.2) is 0 Å². The van der Waals surface area contributed by atoms with Crippen LogP contribution in [0.1, 0.15) is 67.6 Å². The average molecular weight is 606 g/mol. The molecule has 44 heavy (non-hydrogen) atoms. The van der Waals surface area contributed by atoms with E-state index in [-0.39, 0.29) is 23.3 Å². The molecule has 4 rings (SSSR count). The predicted molar refractivity (Wildman–Crippen MR) is 171 cm³/mol. The average Bonchev–Trinajstić information content (AvgIpc) is 3.10. The largest absolute Gasteiger partial charge is 0.493 e. The highest BCUT2D eigenvalue weighted by Gasteiger charge is 2.29. The first-order chi connectivity index (χ1) is 21.1. The van der Waals surface area contributed by atoms with Gasteiger partial charge in [-0.3, -0.25) is 19.1 Å². The van der Waals surface area contributed by atoms with E-state index in [1.807, 2.05) is 33.0 Å². The molecular formula is C33H43N5O6. The fraction of sp³-hybridized carbons (Fsp3) is 0.455. The van der Waals surface area contributed by atoms with Crippen molar-refractivity contribution in [2.24, 2.45) is 7.05 Å². The van der Waals surface area contributed by atoms with Crippen molar-refractivity contribution in [2.45, 2.75) is 65.3 Å². The summed E-state index contributed by atoms with van der Waals surface area (Å²) in [4.78, 5) is 38.1. The summed E-state index contributed by atoms with van der Waals surface area (Å²) in [5.74, 6) is 1.32. The van der Waals surface area contributed by atoms with Gasteiger partial charge in [-0.15, -0.1) is 0 Å². The molecule has 236 valence electrons. The maximum Gasteiger partial charge on any atom is 0.224 e. The van der Waals surface area contributed by atoms with Crippen LogP contribution in [-0.2, 0) is 23.1 Å². The first-order valence-corrected chi connectivity index (χ1v) is 14.9. The van der Waals surface area contributed by atoms with Gasteiger partial charge in [-0.2, -0.15) is 5.10 Å². The van der Waals surface area contributed by atoms with Gasteiger partial charge in [0.25, 0.3) is 0 Å². The number of anilines is 2. The first-order valence-electron chi connectivity index (χ1n) is 14.9. The van der Waals surface area contributed by atoms with Gasteiger partial charge >= 0.3 is 0 Å². The molecule has 3 aromatic rings. The molecule has 0 aliphatic heterocycles. The zero-order valence-electron chi connectivity index (χ0n) is 26.7. The lowest BCUT2D eigenvalue weighted by Gasteiger charge is -2.19. The summed E-state index contributed by atoms with van der Waals surface area (Å²) in [6.07, 6.45) is 3.98. The van der Waals surface area contributed by atoms with E-state index >= 15 is 0 Å². The standard InChI is InChI=1S/C33H43N5O6/c1-19-31(20(2)38(4)37-19)36-29(41)11-9-8-10-16-34-26-15-13-23-24(18-27(26)40)25(35-21(3)39)14-12-22-17-28(42-5)32(43-6)33(44-7)30(22)23/h13,15,17-18,25H,8-12,14,16H2,1-7H3,(H,34,40)(H,35,39)(H,36,41)/t25-/m0/s1. The van der Waals surface area contributed by atoms with E-state index in [4.69, 9.17) is 14.2 Å². The van der Waals surface area contributed by atoms with Crippen molar-refractivity contribution < 1.29 is 23.8 Å². The second-order valence-corrected chi connectivity index (χ2v) is 11.1. The van der Waals surface area contributed by atoms with Crippen LogP contribution in [0.4, 0.5) is 11.4 Å². The molecule has 2 aromatic carbocycles. The van der Waals surface area contributed by atoms with Crippen LogP contribution in [0, 0.1) is 13.8 Å². The Morgan fingerprint density at radius 2 is 1.77 bits per heavy atom. The molecule has 3 N–H and O–H groups in total. The molecule has 1 aliphatic rings. The lowest BCUT2D eigenvalue weighted by atomic mass is 9.95. The van der Waals surface area contributed by atoms with Crippen molar-refractivity contribution in [3.8, 4) is 28.4 Å². The Morgan fingerprint density at radius 1 is 1.02 bits per heavy atom. The summed E-state index contributed by atoms with van der Waals surface area (Å²) in [6, 6.07) is 6.86. The molecule has 1 aromatic heterocycles. The van der Waals surface area contributed by atoms with Crippen molar-refractivity contribution in [3.05, 3.63) is 57.0 Å². The summed E-state index contributed by atoms with van der Waals surface area (Å²) in [7, 11) is 6.57. The summed E-state index contributed by atoms with van der Waals surface area (Å²) < 4.78 is 18.8. The van der Waals surface area contributed by atoms with Crippen LogP contribution < -0.4 is 35.6 Å². The molecule has 1 aliphatic carbocycles. The zero-order chi connectivity index (χ0) is 32.0. The topological polar surface area (TPSA) is 133 Å². The number of carbonyl (C=O) groups excluding carboxylic acids is 2. The molecule has 2 amide bonds. The minimum atomic E-state index is -0.366. The van der Waals surface area contributed by atoms with Crippen LogP contribution in [-0.4, -0.2) is 49.5 Å². The third kappa shape index (κ3) is 6.98. The van der Waals surface area contributed by atoms with Gasteiger partial charge in [0, 0.05) is 32.5 Å².